The molecule has 1 atom stereocenters. The first-order valence-electron chi connectivity index (χ1n) is 5.03. The molecule has 1 fully saturated rings. The molecule has 1 aromatic carbocycles. The van der Waals surface area contributed by atoms with Crippen molar-refractivity contribution in [3.05, 3.63) is 34.9 Å². The van der Waals surface area contributed by atoms with Gasteiger partial charge in [-0.2, -0.15) is 5.26 Å². The molecule has 2 heteroatoms. The van der Waals surface area contributed by atoms with Crippen LogP contribution in [-0.2, 0) is 0 Å². The van der Waals surface area contributed by atoms with Gasteiger partial charge in [0, 0.05) is 6.54 Å². The Bertz CT molecular complexity index is 370. The molecule has 0 aromatic heterocycles. The van der Waals surface area contributed by atoms with Gasteiger partial charge in [-0.25, -0.2) is 0 Å². The van der Waals surface area contributed by atoms with Crippen molar-refractivity contribution in [2.75, 3.05) is 13.1 Å². The van der Waals surface area contributed by atoms with Crippen LogP contribution in [0.15, 0.2) is 18.2 Å². The zero-order valence-electron chi connectivity index (χ0n) is 8.38. The number of aryl methyl sites for hydroxylation is 1. The number of benzene rings is 1. The van der Waals surface area contributed by atoms with E-state index in [1.54, 1.807) is 0 Å². The molecule has 0 amide bonds. The highest BCUT2D eigenvalue weighted by molar-refractivity contribution is 5.45. The Hall–Kier alpha value is -1.33. The van der Waals surface area contributed by atoms with E-state index in [9.17, 15) is 0 Å². The molecule has 2 rings (SSSR count). The lowest BCUT2D eigenvalue weighted by Crippen LogP contribution is -2.09. The molecule has 1 aromatic rings. The van der Waals surface area contributed by atoms with Crippen molar-refractivity contribution in [2.45, 2.75) is 19.3 Å². The predicted molar refractivity (Wildman–Crippen MR) is 56.1 cm³/mol. The maximum atomic E-state index is 9.09. The average Bonchev–Trinajstić information content (AvgIpc) is 2.70. The van der Waals surface area contributed by atoms with E-state index in [1.165, 1.54) is 5.56 Å². The first-order chi connectivity index (χ1) is 6.83. The summed E-state index contributed by atoms with van der Waals surface area (Å²) in [6.07, 6.45) is 1.15. The van der Waals surface area contributed by atoms with E-state index in [4.69, 9.17) is 5.26 Å². The highest BCUT2D eigenvalue weighted by atomic mass is 14.9. The Morgan fingerprint density at radius 1 is 1.50 bits per heavy atom. The summed E-state index contributed by atoms with van der Waals surface area (Å²) in [5.41, 5.74) is 3.19. The molecule has 1 N–H and O–H groups in total. The summed E-state index contributed by atoms with van der Waals surface area (Å²) in [7, 11) is 0. The summed E-state index contributed by atoms with van der Waals surface area (Å²) in [5, 5.41) is 12.4. The lowest BCUT2D eigenvalue weighted by Gasteiger charge is -2.11. The van der Waals surface area contributed by atoms with Gasteiger partial charge in [-0.15, -0.1) is 0 Å². The molecule has 0 spiro atoms. The van der Waals surface area contributed by atoms with E-state index in [2.05, 4.69) is 17.5 Å². The third-order valence-corrected chi connectivity index (χ3v) is 2.92. The molecule has 72 valence electrons. The summed E-state index contributed by atoms with van der Waals surface area (Å²) in [4.78, 5) is 0. The Labute approximate surface area is 84.6 Å². The molecule has 2 nitrogen and oxygen atoms in total. The minimum atomic E-state index is 0.532. The summed E-state index contributed by atoms with van der Waals surface area (Å²) in [6, 6.07) is 8.45. The molecular weight excluding hydrogens is 172 g/mol. The summed E-state index contributed by atoms with van der Waals surface area (Å²) < 4.78 is 0. The van der Waals surface area contributed by atoms with Crippen LogP contribution >= 0.6 is 0 Å². The van der Waals surface area contributed by atoms with E-state index in [0.29, 0.717) is 5.92 Å². The number of hydrogen-bond donors (Lipinski definition) is 1. The van der Waals surface area contributed by atoms with Crippen LogP contribution in [0.5, 0.6) is 0 Å². The molecular formula is C12H14N2. The minimum Gasteiger partial charge on any atom is -0.316 e. The second-order valence-electron chi connectivity index (χ2n) is 3.84. The van der Waals surface area contributed by atoms with Gasteiger partial charge in [-0.3, -0.25) is 0 Å². The number of nitrogens with one attached hydrogen (secondary N) is 1. The fraction of sp³-hybridized carbons (Fsp3) is 0.417. The number of nitriles is 1. The molecule has 14 heavy (non-hydrogen) atoms. The van der Waals surface area contributed by atoms with Crippen LogP contribution in [0, 0.1) is 18.3 Å². The Morgan fingerprint density at radius 2 is 2.36 bits per heavy atom. The monoisotopic (exact) mass is 186 g/mol. The largest absolute Gasteiger partial charge is 0.316 e. The summed E-state index contributed by atoms with van der Waals surface area (Å²) in [6.45, 7) is 4.09. The maximum absolute atomic E-state index is 9.09. The third-order valence-electron chi connectivity index (χ3n) is 2.92. The first kappa shape index (κ1) is 9.23. The van der Waals surface area contributed by atoms with Crippen molar-refractivity contribution in [3.63, 3.8) is 0 Å². The smallest absolute Gasteiger partial charge is 0.0997 e. The van der Waals surface area contributed by atoms with Crippen LogP contribution in [0.3, 0.4) is 0 Å². The topological polar surface area (TPSA) is 35.8 Å². The lowest BCUT2D eigenvalue weighted by atomic mass is 9.91. The standard InChI is InChI=1S/C12H14N2/c1-9-3-2-4-11(12(9)7-13)10-5-6-14-8-10/h2-4,10,14H,5-6,8H2,1H3. The van der Waals surface area contributed by atoms with Gasteiger partial charge in [0.05, 0.1) is 11.6 Å². The molecule has 1 aliphatic rings. The van der Waals surface area contributed by atoms with Crippen LogP contribution in [0.4, 0.5) is 0 Å². The number of rotatable bonds is 1. The van der Waals surface area contributed by atoms with Gasteiger partial charge in [0.1, 0.15) is 0 Å². The predicted octanol–water partition coefficient (Wildman–Crippen LogP) is 1.94. The van der Waals surface area contributed by atoms with E-state index in [0.717, 1.165) is 30.6 Å². The lowest BCUT2D eigenvalue weighted by molar-refractivity contribution is 0.760. The highest BCUT2D eigenvalue weighted by Gasteiger charge is 2.19. The summed E-state index contributed by atoms with van der Waals surface area (Å²) >= 11 is 0. The van der Waals surface area contributed by atoms with E-state index >= 15 is 0 Å². The second kappa shape index (κ2) is 3.81. The molecule has 1 saturated heterocycles. The molecule has 1 unspecified atom stereocenters. The van der Waals surface area contributed by atoms with Crippen LogP contribution in [0.25, 0.3) is 0 Å². The normalized spacial score (nSPS) is 20.7. The molecule has 1 aliphatic heterocycles. The Morgan fingerprint density at radius 3 is 3.00 bits per heavy atom. The van der Waals surface area contributed by atoms with Crippen LogP contribution < -0.4 is 5.32 Å². The Balaban J connectivity index is 2.42. The van der Waals surface area contributed by atoms with Gasteiger partial charge in [0.25, 0.3) is 0 Å². The van der Waals surface area contributed by atoms with E-state index < -0.39 is 0 Å². The van der Waals surface area contributed by atoms with Gasteiger partial charge in [-0.05, 0) is 36.9 Å². The summed E-state index contributed by atoms with van der Waals surface area (Å²) in [5.74, 6) is 0.532. The van der Waals surface area contributed by atoms with Crippen molar-refractivity contribution in [1.82, 2.24) is 5.32 Å². The van der Waals surface area contributed by atoms with Crippen molar-refractivity contribution in [2.24, 2.45) is 0 Å². The molecule has 0 radical (unpaired) electrons. The van der Waals surface area contributed by atoms with Gasteiger partial charge >= 0.3 is 0 Å². The van der Waals surface area contributed by atoms with E-state index in [-0.39, 0.29) is 0 Å². The van der Waals surface area contributed by atoms with Crippen molar-refractivity contribution < 1.29 is 0 Å². The van der Waals surface area contributed by atoms with Gasteiger partial charge in [0.2, 0.25) is 0 Å². The fourth-order valence-electron chi connectivity index (χ4n) is 2.10. The fourth-order valence-corrected chi connectivity index (χ4v) is 2.10. The molecule has 0 aliphatic carbocycles. The minimum absolute atomic E-state index is 0.532. The first-order valence-corrected chi connectivity index (χ1v) is 5.03. The van der Waals surface area contributed by atoms with Crippen molar-refractivity contribution in [1.29, 1.82) is 5.26 Å². The van der Waals surface area contributed by atoms with Crippen molar-refractivity contribution >= 4 is 0 Å². The average molecular weight is 186 g/mol. The SMILES string of the molecule is Cc1cccc(C2CCNC2)c1C#N. The number of hydrogen-bond acceptors (Lipinski definition) is 2. The van der Waals surface area contributed by atoms with Crippen molar-refractivity contribution in [3.8, 4) is 6.07 Å². The number of nitrogens with zero attached hydrogens (tertiary/aromatic N) is 1. The van der Waals surface area contributed by atoms with E-state index in [1.807, 2.05) is 19.1 Å². The maximum Gasteiger partial charge on any atom is 0.0997 e. The van der Waals surface area contributed by atoms with Crippen LogP contribution in [0.1, 0.15) is 29.0 Å². The van der Waals surface area contributed by atoms with Gasteiger partial charge < -0.3 is 5.32 Å². The van der Waals surface area contributed by atoms with Crippen LogP contribution in [0.2, 0.25) is 0 Å². The van der Waals surface area contributed by atoms with Crippen LogP contribution in [-0.4, -0.2) is 13.1 Å². The molecule has 0 bridgehead atoms. The zero-order chi connectivity index (χ0) is 9.97. The zero-order valence-corrected chi connectivity index (χ0v) is 8.38. The third kappa shape index (κ3) is 1.51. The molecule has 0 saturated carbocycles. The Kier molecular flexibility index (Phi) is 2.51. The van der Waals surface area contributed by atoms with Gasteiger partial charge in [0.15, 0.2) is 0 Å². The van der Waals surface area contributed by atoms with Gasteiger partial charge in [-0.1, -0.05) is 18.2 Å². The second-order valence-corrected chi connectivity index (χ2v) is 3.84. The highest BCUT2D eigenvalue weighted by Crippen LogP contribution is 2.26. The quantitative estimate of drug-likeness (QED) is 0.727. The molecule has 1 heterocycles.